The fourth-order valence-corrected chi connectivity index (χ4v) is 2.39. The number of benzene rings is 1. The van der Waals surface area contributed by atoms with Gasteiger partial charge in [-0.1, -0.05) is 56.7 Å². The van der Waals surface area contributed by atoms with Crippen molar-refractivity contribution in [3.05, 3.63) is 42.0 Å². The lowest BCUT2D eigenvalue weighted by Crippen LogP contribution is -2.49. The van der Waals surface area contributed by atoms with Crippen molar-refractivity contribution in [3.63, 3.8) is 0 Å². The molecule has 0 unspecified atom stereocenters. The highest BCUT2D eigenvalue weighted by Crippen LogP contribution is 2.10. The third kappa shape index (κ3) is 8.70. The predicted molar refractivity (Wildman–Crippen MR) is 106 cm³/mol. The lowest BCUT2D eigenvalue weighted by molar-refractivity contribution is -0.123. The van der Waals surface area contributed by atoms with Crippen LogP contribution in [0.4, 0.5) is 4.79 Å². The molecule has 1 aromatic carbocycles. The summed E-state index contributed by atoms with van der Waals surface area (Å²) in [5.41, 5.74) is 1.35. The van der Waals surface area contributed by atoms with Gasteiger partial charge >= 0.3 is 6.09 Å². The topological polar surface area (TPSA) is 67.4 Å². The SMILES string of the molecule is C=Cc1ccc(C[C@H](NC(=O)OC(C)(C)C)C(=O)NCCCCC)cc1. The van der Waals surface area contributed by atoms with Gasteiger partial charge in [0.1, 0.15) is 11.6 Å². The fraction of sp³-hybridized carbons (Fsp3) is 0.524. The molecule has 0 saturated carbocycles. The Morgan fingerprint density at radius 3 is 2.38 bits per heavy atom. The standard InChI is InChI=1S/C21H32N2O3/c1-6-8-9-14-22-19(24)18(23-20(25)26-21(3,4)5)15-17-12-10-16(7-2)11-13-17/h7,10-13,18H,2,6,8-9,14-15H2,1,3-5H3,(H,22,24)(H,23,25)/t18-/m0/s1. The fourth-order valence-electron chi connectivity index (χ4n) is 2.39. The molecule has 0 saturated heterocycles. The Morgan fingerprint density at radius 1 is 1.19 bits per heavy atom. The van der Waals surface area contributed by atoms with E-state index < -0.39 is 17.7 Å². The van der Waals surface area contributed by atoms with E-state index >= 15 is 0 Å². The first-order chi connectivity index (χ1) is 12.2. The van der Waals surface area contributed by atoms with E-state index in [4.69, 9.17) is 4.74 Å². The Morgan fingerprint density at radius 2 is 1.85 bits per heavy atom. The number of ether oxygens (including phenoxy) is 1. The molecule has 5 heteroatoms. The van der Waals surface area contributed by atoms with Crippen molar-refractivity contribution in [3.8, 4) is 0 Å². The van der Waals surface area contributed by atoms with Crippen LogP contribution >= 0.6 is 0 Å². The summed E-state index contributed by atoms with van der Waals surface area (Å²) in [6.45, 7) is 11.8. The summed E-state index contributed by atoms with van der Waals surface area (Å²) in [5.74, 6) is -0.195. The van der Waals surface area contributed by atoms with Crippen molar-refractivity contribution in [2.45, 2.75) is 65.0 Å². The Labute approximate surface area is 157 Å². The van der Waals surface area contributed by atoms with E-state index in [9.17, 15) is 9.59 Å². The van der Waals surface area contributed by atoms with Crippen molar-refractivity contribution in [1.82, 2.24) is 10.6 Å². The molecule has 1 atom stereocenters. The molecule has 0 aliphatic rings. The molecule has 0 aliphatic heterocycles. The Bertz CT molecular complexity index is 588. The average Bonchev–Trinajstić information content (AvgIpc) is 2.57. The van der Waals surface area contributed by atoms with Gasteiger partial charge in [0.25, 0.3) is 0 Å². The highest BCUT2D eigenvalue weighted by atomic mass is 16.6. The maximum absolute atomic E-state index is 12.5. The second-order valence-electron chi connectivity index (χ2n) is 7.35. The van der Waals surface area contributed by atoms with Gasteiger partial charge in [0.2, 0.25) is 5.91 Å². The van der Waals surface area contributed by atoms with Gasteiger partial charge in [0.15, 0.2) is 0 Å². The molecule has 0 radical (unpaired) electrons. The molecule has 2 amide bonds. The highest BCUT2D eigenvalue weighted by Gasteiger charge is 2.24. The molecule has 0 aromatic heterocycles. The second kappa shape index (κ2) is 10.6. The van der Waals surface area contributed by atoms with Gasteiger partial charge in [0.05, 0.1) is 0 Å². The normalized spacial score (nSPS) is 12.2. The van der Waals surface area contributed by atoms with E-state index in [1.54, 1.807) is 26.8 Å². The molecular formula is C21H32N2O3. The van der Waals surface area contributed by atoms with Crippen LogP contribution in [-0.2, 0) is 16.0 Å². The van der Waals surface area contributed by atoms with Gasteiger partial charge in [-0.3, -0.25) is 4.79 Å². The molecule has 144 valence electrons. The van der Waals surface area contributed by atoms with Crippen LogP contribution in [0.1, 0.15) is 58.1 Å². The number of hydrogen-bond acceptors (Lipinski definition) is 3. The van der Waals surface area contributed by atoms with E-state index in [0.29, 0.717) is 13.0 Å². The van der Waals surface area contributed by atoms with Crippen molar-refractivity contribution in [2.24, 2.45) is 0 Å². The third-order valence-corrected chi connectivity index (χ3v) is 3.74. The van der Waals surface area contributed by atoms with Crippen LogP contribution in [-0.4, -0.2) is 30.2 Å². The quantitative estimate of drug-likeness (QED) is 0.652. The van der Waals surface area contributed by atoms with E-state index in [1.807, 2.05) is 24.3 Å². The molecule has 0 bridgehead atoms. The minimum Gasteiger partial charge on any atom is -0.444 e. The molecule has 2 N–H and O–H groups in total. The first kappa shape index (κ1) is 21.7. The van der Waals surface area contributed by atoms with E-state index in [1.165, 1.54) is 0 Å². The maximum Gasteiger partial charge on any atom is 0.408 e. The molecule has 0 fully saturated rings. The van der Waals surface area contributed by atoms with Crippen LogP contribution in [0.5, 0.6) is 0 Å². The molecule has 0 heterocycles. The van der Waals surface area contributed by atoms with Crippen LogP contribution in [0.3, 0.4) is 0 Å². The number of carbonyl (C=O) groups excluding carboxylic acids is 2. The minimum atomic E-state index is -0.680. The average molecular weight is 360 g/mol. The second-order valence-corrected chi connectivity index (χ2v) is 7.35. The number of unbranched alkanes of at least 4 members (excludes halogenated alkanes) is 2. The summed E-state index contributed by atoms with van der Waals surface area (Å²) in [6.07, 6.45) is 4.65. The number of rotatable bonds is 9. The third-order valence-electron chi connectivity index (χ3n) is 3.74. The van der Waals surface area contributed by atoms with Gasteiger partial charge < -0.3 is 15.4 Å². The van der Waals surface area contributed by atoms with Gasteiger partial charge in [-0.2, -0.15) is 0 Å². The summed E-state index contributed by atoms with van der Waals surface area (Å²) in [7, 11) is 0. The number of amides is 2. The molecular weight excluding hydrogens is 328 g/mol. The van der Waals surface area contributed by atoms with Gasteiger partial charge in [-0.05, 0) is 38.3 Å². The largest absolute Gasteiger partial charge is 0.444 e. The van der Waals surface area contributed by atoms with Gasteiger partial charge in [0, 0.05) is 13.0 Å². The zero-order valence-electron chi connectivity index (χ0n) is 16.4. The van der Waals surface area contributed by atoms with Crippen LogP contribution < -0.4 is 10.6 Å². The lowest BCUT2D eigenvalue weighted by atomic mass is 10.0. The summed E-state index contributed by atoms with van der Waals surface area (Å²) in [6, 6.07) is 7.06. The molecule has 26 heavy (non-hydrogen) atoms. The number of nitrogens with one attached hydrogen (secondary N) is 2. The van der Waals surface area contributed by atoms with Crippen molar-refractivity contribution >= 4 is 18.1 Å². The first-order valence-corrected chi connectivity index (χ1v) is 9.23. The lowest BCUT2D eigenvalue weighted by Gasteiger charge is -2.23. The van der Waals surface area contributed by atoms with E-state index in [2.05, 4.69) is 24.1 Å². The summed E-state index contributed by atoms with van der Waals surface area (Å²) < 4.78 is 5.29. The van der Waals surface area contributed by atoms with Crippen LogP contribution in [0.15, 0.2) is 30.8 Å². The van der Waals surface area contributed by atoms with Gasteiger partial charge in [-0.15, -0.1) is 0 Å². The molecule has 1 aromatic rings. The first-order valence-electron chi connectivity index (χ1n) is 9.23. The number of carbonyl (C=O) groups is 2. The van der Waals surface area contributed by atoms with E-state index in [-0.39, 0.29) is 5.91 Å². The summed E-state index contributed by atoms with van der Waals surface area (Å²) in [5, 5.41) is 5.60. The van der Waals surface area contributed by atoms with Crippen molar-refractivity contribution in [1.29, 1.82) is 0 Å². The molecule has 1 rings (SSSR count). The molecule has 0 aliphatic carbocycles. The minimum absolute atomic E-state index is 0.195. The van der Waals surface area contributed by atoms with Crippen LogP contribution in [0.25, 0.3) is 6.08 Å². The Balaban J connectivity index is 2.76. The summed E-state index contributed by atoms with van der Waals surface area (Å²) >= 11 is 0. The maximum atomic E-state index is 12.5. The smallest absolute Gasteiger partial charge is 0.408 e. The van der Waals surface area contributed by atoms with Crippen LogP contribution in [0, 0.1) is 0 Å². The predicted octanol–water partition coefficient (Wildman–Crippen LogP) is 4.07. The zero-order valence-corrected chi connectivity index (χ0v) is 16.4. The van der Waals surface area contributed by atoms with Crippen molar-refractivity contribution < 1.29 is 14.3 Å². The summed E-state index contributed by atoms with van der Waals surface area (Å²) in [4.78, 5) is 24.7. The number of hydrogen-bond donors (Lipinski definition) is 2. The van der Waals surface area contributed by atoms with Crippen LogP contribution in [0.2, 0.25) is 0 Å². The number of alkyl carbamates (subject to hydrolysis) is 1. The Kier molecular flexibility index (Phi) is 8.90. The highest BCUT2D eigenvalue weighted by molar-refractivity contribution is 5.86. The van der Waals surface area contributed by atoms with Crippen molar-refractivity contribution in [2.75, 3.05) is 6.54 Å². The monoisotopic (exact) mass is 360 g/mol. The zero-order chi connectivity index (χ0) is 19.6. The Hall–Kier alpha value is -2.30. The molecule has 0 spiro atoms. The molecule has 5 nitrogen and oxygen atoms in total. The van der Waals surface area contributed by atoms with E-state index in [0.717, 1.165) is 30.4 Å². The van der Waals surface area contributed by atoms with Gasteiger partial charge in [-0.25, -0.2) is 4.79 Å².